The number of likely N-dealkylation sites (tertiary alicyclic amines) is 1. The summed E-state index contributed by atoms with van der Waals surface area (Å²) in [6.07, 6.45) is 2.85. The molecule has 1 aromatic heterocycles. The molecule has 3 aromatic rings. The van der Waals surface area contributed by atoms with Crippen molar-refractivity contribution < 1.29 is 19.1 Å². The van der Waals surface area contributed by atoms with Gasteiger partial charge in [0.15, 0.2) is 5.13 Å². The molecule has 3 amide bonds. The Morgan fingerprint density at radius 3 is 2.50 bits per heavy atom. The van der Waals surface area contributed by atoms with Crippen LogP contribution in [0.1, 0.15) is 36.0 Å². The highest BCUT2D eigenvalue weighted by atomic mass is 32.1. The Labute approximate surface area is 201 Å². The number of hydrogen-bond donors (Lipinski definition) is 2. The zero-order valence-electron chi connectivity index (χ0n) is 18.4. The van der Waals surface area contributed by atoms with Crippen molar-refractivity contribution in [2.45, 2.75) is 37.8 Å². The molecule has 2 heterocycles. The molecule has 8 nitrogen and oxygen atoms in total. The summed E-state index contributed by atoms with van der Waals surface area (Å²) in [4.78, 5) is 43.6. The molecule has 2 N–H and O–H groups in total. The maximum Gasteiger partial charge on any atom is 0.415 e. The Morgan fingerprint density at radius 2 is 1.76 bits per heavy atom. The number of aromatic nitrogens is 1. The maximum atomic E-state index is 12.9. The van der Waals surface area contributed by atoms with Crippen molar-refractivity contribution in [2.75, 3.05) is 11.9 Å². The van der Waals surface area contributed by atoms with Crippen molar-refractivity contribution in [3.05, 3.63) is 65.5 Å². The van der Waals surface area contributed by atoms with Crippen LogP contribution in [-0.2, 0) is 4.79 Å². The molecule has 2 fully saturated rings. The van der Waals surface area contributed by atoms with Crippen LogP contribution in [0.4, 0.5) is 9.93 Å². The summed E-state index contributed by atoms with van der Waals surface area (Å²) in [6, 6.07) is 15.8. The van der Waals surface area contributed by atoms with Gasteiger partial charge in [-0.2, -0.15) is 0 Å². The quantitative estimate of drug-likeness (QED) is 0.552. The summed E-state index contributed by atoms with van der Waals surface area (Å²) >= 11 is 1.31. The number of carbonyl (C=O) groups is 3. The number of thiazole rings is 1. The second-order valence-electron chi connectivity index (χ2n) is 8.38. The van der Waals surface area contributed by atoms with Gasteiger partial charge in [-0.3, -0.25) is 14.5 Å². The number of amides is 3. The summed E-state index contributed by atoms with van der Waals surface area (Å²) < 4.78 is 5.41. The average molecular weight is 477 g/mol. The Hall–Kier alpha value is -3.72. The van der Waals surface area contributed by atoms with E-state index < -0.39 is 12.1 Å². The third-order valence-electron chi connectivity index (χ3n) is 5.83. The van der Waals surface area contributed by atoms with Crippen molar-refractivity contribution in [1.29, 1.82) is 0 Å². The van der Waals surface area contributed by atoms with Gasteiger partial charge in [-0.15, -0.1) is 11.3 Å². The predicted octanol–water partition coefficient (Wildman–Crippen LogP) is 4.30. The molecule has 2 aromatic carbocycles. The normalized spacial score (nSPS) is 17.3. The summed E-state index contributed by atoms with van der Waals surface area (Å²) in [7, 11) is 0. The van der Waals surface area contributed by atoms with Crippen LogP contribution in [0.25, 0.3) is 11.3 Å². The van der Waals surface area contributed by atoms with Gasteiger partial charge in [-0.25, -0.2) is 9.78 Å². The Balaban J connectivity index is 1.20. The summed E-state index contributed by atoms with van der Waals surface area (Å²) in [6.45, 7) is 0.466. The van der Waals surface area contributed by atoms with Crippen molar-refractivity contribution in [1.82, 2.24) is 15.2 Å². The smallest absolute Gasteiger partial charge is 0.410 e. The van der Waals surface area contributed by atoms with Crippen molar-refractivity contribution in [2.24, 2.45) is 0 Å². The highest BCUT2D eigenvalue weighted by Gasteiger charge is 2.35. The lowest BCUT2D eigenvalue weighted by atomic mass is 10.1. The van der Waals surface area contributed by atoms with E-state index >= 15 is 0 Å². The number of anilines is 1. The van der Waals surface area contributed by atoms with Gasteiger partial charge in [-0.05, 0) is 49.9 Å². The molecule has 1 saturated heterocycles. The minimum absolute atomic E-state index is 0.0628. The van der Waals surface area contributed by atoms with E-state index in [1.807, 2.05) is 23.6 Å². The molecule has 1 aliphatic heterocycles. The van der Waals surface area contributed by atoms with Gasteiger partial charge < -0.3 is 15.4 Å². The molecule has 0 bridgehead atoms. The number of nitrogens with one attached hydrogen (secondary N) is 2. The van der Waals surface area contributed by atoms with E-state index in [0.29, 0.717) is 41.1 Å². The van der Waals surface area contributed by atoms with Crippen LogP contribution in [0.2, 0.25) is 0 Å². The molecule has 1 saturated carbocycles. The molecule has 9 heteroatoms. The second kappa shape index (κ2) is 9.64. The first-order valence-corrected chi connectivity index (χ1v) is 12.2. The molecule has 0 radical (unpaired) electrons. The highest BCUT2D eigenvalue weighted by Crippen LogP contribution is 2.27. The van der Waals surface area contributed by atoms with E-state index in [9.17, 15) is 14.4 Å². The number of carbonyl (C=O) groups excluding carboxylic acids is 3. The third-order valence-corrected chi connectivity index (χ3v) is 6.59. The molecular weight excluding hydrogens is 452 g/mol. The molecule has 34 heavy (non-hydrogen) atoms. The van der Waals surface area contributed by atoms with Crippen molar-refractivity contribution >= 4 is 34.4 Å². The molecular formula is C25H24N4O4S. The van der Waals surface area contributed by atoms with E-state index in [-0.39, 0.29) is 11.8 Å². The fourth-order valence-corrected chi connectivity index (χ4v) is 4.57. The number of para-hydroxylation sites is 1. The molecule has 174 valence electrons. The van der Waals surface area contributed by atoms with E-state index in [1.165, 1.54) is 16.2 Å². The van der Waals surface area contributed by atoms with Crippen LogP contribution >= 0.6 is 11.3 Å². The van der Waals surface area contributed by atoms with Gasteiger partial charge in [0.1, 0.15) is 11.8 Å². The summed E-state index contributed by atoms with van der Waals surface area (Å²) in [5, 5.41) is 8.11. The van der Waals surface area contributed by atoms with Crippen LogP contribution in [-0.4, -0.2) is 46.4 Å². The molecule has 2 aliphatic rings. The van der Waals surface area contributed by atoms with Crippen LogP contribution in [0.5, 0.6) is 5.75 Å². The Kier molecular flexibility index (Phi) is 6.27. The maximum absolute atomic E-state index is 12.9. The number of benzene rings is 2. The third kappa shape index (κ3) is 5.09. The lowest BCUT2D eigenvalue weighted by Crippen LogP contribution is -2.44. The molecule has 1 atom stereocenters. The Bertz CT molecular complexity index is 1190. The lowest BCUT2D eigenvalue weighted by Gasteiger charge is -2.22. The topological polar surface area (TPSA) is 101 Å². The van der Waals surface area contributed by atoms with E-state index in [4.69, 9.17) is 4.74 Å². The highest BCUT2D eigenvalue weighted by molar-refractivity contribution is 7.14. The van der Waals surface area contributed by atoms with Crippen LogP contribution < -0.4 is 15.4 Å². The SMILES string of the molecule is O=C(NC1CC1)c1ccc(-c2csc(NC(=O)[C@H]3CCCN3C(=O)Oc3ccccc3)n2)cc1. The van der Waals surface area contributed by atoms with Crippen LogP contribution in [0.15, 0.2) is 60.0 Å². The first kappa shape index (κ1) is 22.1. The minimum Gasteiger partial charge on any atom is -0.410 e. The number of ether oxygens (including phenoxy) is 1. The largest absolute Gasteiger partial charge is 0.415 e. The zero-order chi connectivity index (χ0) is 23.5. The predicted molar refractivity (Wildman–Crippen MR) is 129 cm³/mol. The fourth-order valence-electron chi connectivity index (χ4n) is 3.85. The van der Waals surface area contributed by atoms with Crippen molar-refractivity contribution in [3.63, 3.8) is 0 Å². The van der Waals surface area contributed by atoms with E-state index in [2.05, 4.69) is 15.6 Å². The van der Waals surface area contributed by atoms with Crippen molar-refractivity contribution in [3.8, 4) is 17.0 Å². The van der Waals surface area contributed by atoms with Gasteiger partial charge in [-0.1, -0.05) is 30.3 Å². The molecule has 0 unspecified atom stereocenters. The van der Waals surface area contributed by atoms with E-state index in [0.717, 1.165) is 24.8 Å². The standard InChI is InChI=1S/C25H24N4O4S/c30-22(26-18-12-13-18)17-10-8-16(9-11-17)20-15-34-24(27-20)28-23(31)21-7-4-14-29(21)25(32)33-19-5-2-1-3-6-19/h1-3,5-6,8-11,15,18,21H,4,7,12-14H2,(H,26,30)(H,27,28,31)/t21-/m1/s1. The monoisotopic (exact) mass is 476 g/mol. The molecule has 5 rings (SSSR count). The number of rotatable bonds is 6. The average Bonchev–Trinajstić information content (AvgIpc) is 3.32. The first-order chi connectivity index (χ1) is 16.6. The number of hydrogen-bond acceptors (Lipinski definition) is 6. The summed E-state index contributed by atoms with van der Waals surface area (Å²) in [5.41, 5.74) is 2.18. The van der Waals surface area contributed by atoms with E-state index in [1.54, 1.807) is 36.4 Å². The number of nitrogens with zero attached hydrogens (tertiary/aromatic N) is 2. The van der Waals surface area contributed by atoms with Crippen LogP contribution in [0.3, 0.4) is 0 Å². The fraction of sp³-hybridized carbons (Fsp3) is 0.280. The van der Waals surface area contributed by atoms with Gasteiger partial charge in [0.2, 0.25) is 5.91 Å². The molecule has 1 aliphatic carbocycles. The summed E-state index contributed by atoms with van der Waals surface area (Å²) in [5.74, 6) is 0.0989. The molecule has 0 spiro atoms. The second-order valence-corrected chi connectivity index (χ2v) is 9.24. The zero-order valence-corrected chi connectivity index (χ0v) is 19.2. The first-order valence-electron chi connectivity index (χ1n) is 11.3. The lowest BCUT2D eigenvalue weighted by molar-refractivity contribution is -0.119. The van der Waals surface area contributed by atoms with Gasteiger partial charge >= 0.3 is 6.09 Å². The van der Waals surface area contributed by atoms with Gasteiger partial charge in [0.25, 0.3) is 5.91 Å². The Morgan fingerprint density at radius 1 is 1.00 bits per heavy atom. The van der Waals surface area contributed by atoms with Gasteiger partial charge in [0, 0.05) is 29.1 Å². The minimum atomic E-state index is -0.604. The van der Waals surface area contributed by atoms with Crippen LogP contribution in [0, 0.1) is 0 Å². The van der Waals surface area contributed by atoms with Gasteiger partial charge in [0.05, 0.1) is 5.69 Å².